The van der Waals surface area contributed by atoms with Gasteiger partial charge in [0.2, 0.25) is 17.7 Å². The van der Waals surface area contributed by atoms with Gasteiger partial charge in [0.25, 0.3) is 0 Å². The number of aryl methyl sites for hydroxylation is 1. The quantitative estimate of drug-likeness (QED) is 0.0349. The molecule has 2 rings (SSSR count). The van der Waals surface area contributed by atoms with Crippen LogP contribution in [0.1, 0.15) is 251 Å². The van der Waals surface area contributed by atoms with Gasteiger partial charge in [-0.2, -0.15) is 0 Å². The first-order valence-electron chi connectivity index (χ1n) is 28.6. The van der Waals surface area contributed by atoms with E-state index in [1.807, 2.05) is 24.5 Å². The molecular formula is C60H102N5O3+. The number of carbonyl (C=O) groups is 3. The van der Waals surface area contributed by atoms with Crippen molar-refractivity contribution < 1.29 is 19.0 Å². The number of allylic oxidation sites excluding steroid dienone is 4. The lowest BCUT2D eigenvalue weighted by atomic mass is 10.1. The van der Waals surface area contributed by atoms with Crippen LogP contribution in [0.15, 0.2) is 73.4 Å². The second-order valence-electron chi connectivity index (χ2n) is 19.6. The monoisotopic (exact) mass is 941 g/mol. The largest absolute Gasteiger partial charge is 0.356 e. The molecule has 3 N–H and O–H groups in total. The standard InChI is InChI=1S/C60H101N5O3/c1-3-5-7-9-11-13-15-17-19-21-23-26-30-34-38-48-62-58(66)43-42-57(60(68)63-49-39-35-31-27-24-22-20-18-16-14-12-10-8-6-4-2)64-59(67)41-37-33-29-25-28-32-36-40-52-65-53-46-56(47-54-65)55-44-50-61-51-45-55/h17-20,44-47,50-51,53-54,57H,3-16,21-43,48-49,52H2,1-2H3,(H2-,62,63,64,66,67,68)/p+1/b19-17+,20-18+. The lowest BCUT2D eigenvalue weighted by Gasteiger charge is -2.18. The van der Waals surface area contributed by atoms with E-state index < -0.39 is 6.04 Å². The summed E-state index contributed by atoms with van der Waals surface area (Å²) in [6.45, 7) is 6.84. The normalized spacial score (nSPS) is 12.0. The Morgan fingerprint density at radius 2 is 0.882 bits per heavy atom. The van der Waals surface area contributed by atoms with Gasteiger partial charge in [0.05, 0.1) is 0 Å². The molecule has 0 saturated carbocycles. The van der Waals surface area contributed by atoms with Crippen molar-refractivity contribution in [3.8, 4) is 11.1 Å². The van der Waals surface area contributed by atoms with E-state index in [1.54, 1.807) is 0 Å². The van der Waals surface area contributed by atoms with E-state index in [4.69, 9.17) is 0 Å². The van der Waals surface area contributed by atoms with Gasteiger partial charge in [0, 0.05) is 56.9 Å². The molecule has 3 amide bonds. The molecule has 384 valence electrons. The molecule has 0 aliphatic heterocycles. The summed E-state index contributed by atoms with van der Waals surface area (Å²) in [5.74, 6) is -0.301. The van der Waals surface area contributed by atoms with Crippen LogP contribution in [0.2, 0.25) is 0 Å². The third-order valence-electron chi connectivity index (χ3n) is 13.3. The Kier molecular flexibility index (Phi) is 40.5. The van der Waals surface area contributed by atoms with Crippen molar-refractivity contribution in [1.29, 1.82) is 0 Å². The summed E-state index contributed by atoms with van der Waals surface area (Å²) in [4.78, 5) is 43.4. The predicted molar refractivity (Wildman–Crippen MR) is 288 cm³/mol. The van der Waals surface area contributed by atoms with Gasteiger partial charge in [-0.3, -0.25) is 19.4 Å². The van der Waals surface area contributed by atoms with Crippen molar-refractivity contribution in [2.24, 2.45) is 0 Å². The Morgan fingerprint density at radius 3 is 1.38 bits per heavy atom. The molecule has 0 aliphatic carbocycles. The maximum absolute atomic E-state index is 13.4. The van der Waals surface area contributed by atoms with Gasteiger partial charge in [-0.15, -0.1) is 0 Å². The Morgan fingerprint density at radius 1 is 0.471 bits per heavy atom. The van der Waals surface area contributed by atoms with E-state index in [1.165, 1.54) is 178 Å². The van der Waals surface area contributed by atoms with Crippen molar-refractivity contribution in [2.75, 3.05) is 13.1 Å². The van der Waals surface area contributed by atoms with E-state index in [-0.39, 0.29) is 24.1 Å². The fourth-order valence-electron chi connectivity index (χ4n) is 8.84. The fourth-order valence-corrected chi connectivity index (χ4v) is 8.84. The van der Waals surface area contributed by atoms with Crippen LogP contribution in [-0.2, 0) is 20.9 Å². The van der Waals surface area contributed by atoms with Crippen molar-refractivity contribution in [1.82, 2.24) is 20.9 Å². The van der Waals surface area contributed by atoms with Crippen LogP contribution in [-0.4, -0.2) is 41.8 Å². The van der Waals surface area contributed by atoms with Crippen molar-refractivity contribution in [2.45, 2.75) is 264 Å². The molecule has 8 heteroatoms. The number of carbonyl (C=O) groups excluding carboxylic acids is 3. The summed E-state index contributed by atoms with van der Waals surface area (Å²) in [7, 11) is 0. The maximum Gasteiger partial charge on any atom is 0.242 e. The molecule has 0 aliphatic rings. The van der Waals surface area contributed by atoms with E-state index >= 15 is 0 Å². The van der Waals surface area contributed by atoms with E-state index in [0.717, 1.165) is 57.9 Å². The van der Waals surface area contributed by atoms with Gasteiger partial charge in [0.1, 0.15) is 12.6 Å². The van der Waals surface area contributed by atoms with Crippen molar-refractivity contribution in [3.05, 3.63) is 73.4 Å². The van der Waals surface area contributed by atoms with Crippen LogP contribution in [0.25, 0.3) is 11.1 Å². The number of aromatic nitrogens is 2. The topological polar surface area (TPSA) is 104 Å². The molecule has 0 radical (unpaired) electrons. The van der Waals surface area contributed by atoms with Crippen LogP contribution in [0.5, 0.6) is 0 Å². The zero-order chi connectivity index (χ0) is 48.6. The molecule has 0 bridgehead atoms. The molecule has 0 saturated heterocycles. The summed E-state index contributed by atoms with van der Waals surface area (Å²) >= 11 is 0. The van der Waals surface area contributed by atoms with E-state index in [2.05, 4.69) is 88.2 Å². The predicted octanol–water partition coefficient (Wildman–Crippen LogP) is 15.3. The lowest BCUT2D eigenvalue weighted by molar-refractivity contribution is -0.697. The first-order chi connectivity index (χ1) is 33.5. The van der Waals surface area contributed by atoms with Crippen LogP contribution in [0.3, 0.4) is 0 Å². The van der Waals surface area contributed by atoms with Crippen LogP contribution >= 0.6 is 0 Å². The highest BCUT2D eigenvalue weighted by Gasteiger charge is 2.21. The van der Waals surface area contributed by atoms with Gasteiger partial charge in [-0.05, 0) is 107 Å². The SMILES string of the molecule is CCCCCCCC/C=C/CCCCCCCNC(=O)CCC(NC(=O)CCCCCCCCCC[n+]1ccc(-c2ccncc2)cc1)C(=O)NCCCCCCC/C=C/CCCCCCCC. The summed E-state index contributed by atoms with van der Waals surface area (Å²) in [5, 5.41) is 9.14. The smallest absolute Gasteiger partial charge is 0.242 e. The number of pyridine rings is 2. The Labute approximate surface area is 417 Å². The van der Waals surface area contributed by atoms with Gasteiger partial charge < -0.3 is 16.0 Å². The Bertz CT molecular complexity index is 1530. The van der Waals surface area contributed by atoms with Gasteiger partial charge in [0.15, 0.2) is 12.4 Å². The zero-order valence-corrected chi connectivity index (χ0v) is 43.9. The highest BCUT2D eigenvalue weighted by molar-refractivity contribution is 5.88. The van der Waals surface area contributed by atoms with Crippen LogP contribution < -0.4 is 20.5 Å². The molecule has 1 atom stereocenters. The number of rotatable bonds is 47. The van der Waals surface area contributed by atoms with Crippen molar-refractivity contribution in [3.63, 3.8) is 0 Å². The third kappa shape index (κ3) is 36.2. The van der Waals surface area contributed by atoms with E-state index in [0.29, 0.717) is 25.9 Å². The number of nitrogens with one attached hydrogen (secondary N) is 3. The Hall–Kier alpha value is -3.81. The molecule has 0 spiro atoms. The molecule has 8 nitrogen and oxygen atoms in total. The average Bonchev–Trinajstić information content (AvgIpc) is 3.35. The lowest BCUT2D eigenvalue weighted by Crippen LogP contribution is -2.47. The summed E-state index contributed by atoms with van der Waals surface area (Å²) in [6.07, 6.45) is 59.7. The molecule has 2 aromatic rings. The molecule has 1 unspecified atom stereocenters. The Balaban J connectivity index is 1.60. The minimum atomic E-state index is -0.686. The zero-order valence-electron chi connectivity index (χ0n) is 43.9. The van der Waals surface area contributed by atoms with Crippen LogP contribution in [0.4, 0.5) is 0 Å². The molecule has 2 heterocycles. The highest BCUT2D eigenvalue weighted by Crippen LogP contribution is 2.17. The number of amides is 3. The number of hydrogen-bond donors (Lipinski definition) is 3. The first-order valence-corrected chi connectivity index (χ1v) is 28.6. The van der Waals surface area contributed by atoms with Gasteiger partial charge >= 0.3 is 0 Å². The summed E-state index contributed by atoms with van der Waals surface area (Å²) in [5.41, 5.74) is 2.40. The van der Waals surface area contributed by atoms with Crippen LogP contribution in [0, 0.1) is 0 Å². The molecule has 68 heavy (non-hydrogen) atoms. The number of hydrogen-bond acceptors (Lipinski definition) is 4. The van der Waals surface area contributed by atoms with Gasteiger partial charge in [-0.1, -0.05) is 173 Å². The second kappa shape index (κ2) is 45.6. The summed E-state index contributed by atoms with van der Waals surface area (Å²) < 4.78 is 2.26. The number of nitrogens with zero attached hydrogens (tertiary/aromatic N) is 2. The molecular weight excluding hydrogens is 839 g/mol. The van der Waals surface area contributed by atoms with Crippen molar-refractivity contribution >= 4 is 17.7 Å². The maximum atomic E-state index is 13.4. The second-order valence-corrected chi connectivity index (χ2v) is 19.6. The first kappa shape index (κ1) is 60.3. The average molecular weight is 942 g/mol. The fraction of sp³-hybridized carbons (Fsp3) is 0.717. The highest BCUT2D eigenvalue weighted by atomic mass is 16.2. The minimum absolute atomic E-state index is 0.0424. The molecule has 0 fully saturated rings. The molecule has 2 aromatic heterocycles. The number of unbranched alkanes of at least 4 members (excludes halogenated alkanes) is 29. The molecule has 0 aromatic carbocycles. The van der Waals surface area contributed by atoms with Gasteiger partial charge in [-0.25, -0.2) is 4.57 Å². The van der Waals surface area contributed by atoms with E-state index in [9.17, 15) is 14.4 Å². The third-order valence-corrected chi connectivity index (χ3v) is 13.3. The summed E-state index contributed by atoms with van der Waals surface area (Å²) in [6, 6.07) is 7.74. The minimum Gasteiger partial charge on any atom is -0.356 e.